The van der Waals surface area contributed by atoms with E-state index in [1.165, 1.54) is 13.8 Å². The summed E-state index contributed by atoms with van der Waals surface area (Å²) < 4.78 is 0. The van der Waals surface area contributed by atoms with Gasteiger partial charge in [0.2, 0.25) is 11.8 Å². The number of nitrogen functional groups attached to an aromatic ring is 1. The van der Waals surface area contributed by atoms with Gasteiger partial charge in [-0.2, -0.15) is 0 Å². The minimum Gasteiger partial charge on any atom is -0.399 e. The van der Waals surface area contributed by atoms with E-state index in [-0.39, 0.29) is 23.9 Å². The first-order valence-electron chi connectivity index (χ1n) is 9.76. The van der Waals surface area contributed by atoms with Gasteiger partial charge in [-0.3, -0.25) is 9.59 Å². The van der Waals surface area contributed by atoms with Crippen LogP contribution in [0.2, 0.25) is 0 Å². The maximum absolute atomic E-state index is 11.3. The quantitative estimate of drug-likeness (QED) is 0.479. The van der Waals surface area contributed by atoms with Crippen molar-refractivity contribution >= 4 is 23.2 Å². The standard InChI is InChI=1S/C13H19N3O2.C7H14N2O2/c1-9(17)15(2)12-7-16(8-13(12)18)11-5-3-10(14)4-6-11;1-5(10)9(2)6-3-8-4-7(6)11/h3-6,12-13,18H,7-8,14H2,1-2H3;6-8,11H,3-4H2,1-2H3/t;6-,7-/m.1/s1. The first-order chi connectivity index (χ1) is 13.6. The lowest BCUT2D eigenvalue weighted by molar-refractivity contribution is -0.131. The van der Waals surface area contributed by atoms with Crippen LogP contribution < -0.4 is 16.0 Å². The third kappa shape index (κ3) is 5.81. The van der Waals surface area contributed by atoms with Crippen LogP contribution in [-0.2, 0) is 9.59 Å². The van der Waals surface area contributed by atoms with Crippen molar-refractivity contribution in [1.29, 1.82) is 0 Å². The molecule has 9 nitrogen and oxygen atoms in total. The maximum Gasteiger partial charge on any atom is 0.219 e. The van der Waals surface area contributed by atoms with Gasteiger partial charge in [0.1, 0.15) is 0 Å². The summed E-state index contributed by atoms with van der Waals surface area (Å²) in [6, 6.07) is 7.33. The Kier molecular flexibility index (Phi) is 7.83. The highest BCUT2D eigenvalue weighted by atomic mass is 16.3. The Morgan fingerprint density at radius 2 is 1.52 bits per heavy atom. The minimum absolute atomic E-state index is 0.00208. The molecular weight excluding hydrogens is 374 g/mol. The molecule has 2 heterocycles. The monoisotopic (exact) mass is 407 g/mol. The fourth-order valence-electron chi connectivity index (χ4n) is 3.56. The first kappa shape index (κ1) is 22.9. The average molecular weight is 408 g/mol. The Labute approximate surface area is 172 Å². The van der Waals surface area contributed by atoms with Gasteiger partial charge < -0.3 is 36.0 Å². The second kappa shape index (κ2) is 9.91. The molecule has 3 rings (SSSR count). The molecule has 2 amide bonds. The van der Waals surface area contributed by atoms with Gasteiger partial charge in [-0.25, -0.2) is 0 Å². The molecule has 4 atom stereocenters. The van der Waals surface area contributed by atoms with Gasteiger partial charge in [0, 0.05) is 65.5 Å². The summed E-state index contributed by atoms with van der Waals surface area (Å²) >= 11 is 0. The number of benzene rings is 1. The number of hydrogen-bond donors (Lipinski definition) is 4. The zero-order valence-corrected chi connectivity index (χ0v) is 17.6. The second-order valence-electron chi connectivity index (χ2n) is 7.68. The SMILES string of the molecule is CC(=O)N(C)C1CN(c2ccc(N)cc2)CC1O.CC(=O)N(C)[C@@H]1CNC[C@H]1O. The van der Waals surface area contributed by atoms with E-state index < -0.39 is 12.2 Å². The smallest absolute Gasteiger partial charge is 0.219 e. The Morgan fingerprint density at radius 3 is 2.00 bits per heavy atom. The highest BCUT2D eigenvalue weighted by molar-refractivity contribution is 5.74. The van der Waals surface area contributed by atoms with E-state index in [4.69, 9.17) is 5.73 Å². The van der Waals surface area contributed by atoms with Crippen molar-refractivity contribution in [1.82, 2.24) is 15.1 Å². The normalized spacial score (nSPS) is 25.9. The molecule has 0 bridgehead atoms. The molecule has 1 aromatic carbocycles. The number of hydrogen-bond acceptors (Lipinski definition) is 7. The number of nitrogens with two attached hydrogens (primary N) is 1. The lowest BCUT2D eigenvalue weighted by Gasteiger charge is -2.25. The number of nitrogens with one attached hydrogen (secondary N) is 1. The van der Waals surface area contributed by atoms with Crippen molar-refractivity contribution in [2.45, 2.75) is 38.1 Å². The zero-order valence-electron chi connectivity index (χ0n) is 17.6. The number of aliphatic hydroxyl groups excluding tert-OH is 2. The number of rotatable bonds is 3. The van der Waals surface area contributed by atoms with Crippen molar-refractivity contribution in [3.05, 3.63) is 24.3 Å². The number of amides is 2. The summed E-state index contributed by atoms with van der Waals surface area (Å²) in [5.74, 6) is -0.0315. The van der Waals surface area contributed by atoms with Crippen molar-refractivity contribution in [2.24, 2.45) is 0 Å². The lowest BCUT2D eigenvalue weighted by atomic mass is 10.2. The summed E-state index contributed by atoms with van der Waals surface area (Å²) in [6.45, 7) is 5.47. The number of likely N-dealkylation sites (N-methyl/N-ethyl adjacent to an activating group) is 2. The topological polar surface area (TPSA) is 122 Å². The van der Waals surface area contributed by atoms with Gasteiger partial charge in [-0.1, -0.05) is 0 Å². The summed E-state index contributed by atoms with van der Waals surface area (Å²) in [5.41, 5.74) is 7.38. The van der Waals surface area contributed by atoms with E-state index in [9.17, 15) is 19.8 Å². The van der Waals surface area contributed by atoms with Crippen LogP contribution in [0.25, 0.3) is 0 Å². The van der Waals surface area contributed by atoms with Gasteiger partial charge >= 0.3 is 0 Å². The molecule has 162 valence electrons. The number of β-amino-alcohol motifs (C(OH)–C–C–N with tert-alkyl or cyclic N) is 2. The van der Waals surface area contributed by atoms with E-state index in [0.29, 0.717) is 26.2 Å². The molecule has 29 heavy (non-hydrogen) atoms. The van der Waals surface area contributed by atoms with Crippen LogP contribution in [0.5, 0.6) is 0 Å². The molecule has 1 aromatic rings. The Balaban J connectivity index is 0.000000234. The zero-order chi connectivity index (χ0) is 21.7. The van der Waals surface area contributed by atoms with Gasteiger partial charge in [-0.15, -0.1) is 0 Å². The fraction of sp³-hybridized carbons (Fsp3) is 0.600. The largest absolute Gasteiger partial charge is 0.399 e. The number of anilines is 2. The Hall–Kier alpha value is -2.36. The maximum atomic E-state index is 11.3. The molecule has 0 aromatic heterocycles. The van der Waals surface area contributed by atoms with Crippen LogP contribution in [0.15, 0.2) is 24.3 Å². The average Bonchev–Trinajstić information content (AvgIpc) is 3.27. The molecular formula is C20H33N5O4. The van der Waals surface area contributed by atoms with Crippen LogP contribution in [0.1, 0.15) is 13.8 Å². The van der Waals surface area contributed by atoms with E-state index >= 15 is 0 Å². The Bertz CT molecular complexity index is 699. The number of carbonyl (C=O) groups excluding carboxylic acids is 2. The molecule has 0 spiro atoms. The van der Waals surface area contributed by atoms with Crippen LogP contribution in [0.3, 0.4) is 0 Å². The van der Waals surface area contributed by atoms with Gasteiger partial charge in [-0.05, 0) is 24.3 Å². The van der Waals surface area contributed by atoms with E-state index in [0.717, 1.165) is 11.4 Å². The van der Waals surface area contributed by atoms with Crippen molar-refractivity contribution in [3.8, 4) is 0 Å². The van der Waals surface area contributed by atoms with Crippen LogP contribution in [0, 0.1) is 0 Å². The number of nitrogens with zero attached hydrogens (tertiary/aromatic N) is 3. The Morgan fingerprint density at radius 1 is 0.966 bits per heavy atom. The van der Waals surface area contributed by atoms with Crippen LogP contribution in [-0.4, -0.2) is 96.4 Å². The molecule has 0 saturated carbocycles. The third-order valence-corrected chi connectivity index (χ3v) is 5.66. The highest BCUT2D eigenvalue weighted by Gasteiger charge is 2.35. The lowest BCUT2D eigenvalue weighted by Crippen LogP contribution is -2.43. The van der Waals surface area contributed by atoms with Crippen molar-refractivity contribution in [3.63, 3.8) is 0 Å². The van der Waals surface area contributed by atoms with Crippen molar-refractivity contribution < 1.29 is 19.8 Å². The van der Waals surface area contributed by atoms with Gasteiger partial charge in [0.15, 0.2) is 0 Å². The minimum atomic E-state index is -0.517. The molecule has 0 radical (unpaired) electrons. The number of aliphatic hydroxyl groups is 2. The van der Waals surface area contributed by atoms with E-state index in [2.05, 4.69) is 10.2 Å². The molecule has 5 N–H and O–H groups in total. The highest BCUT2D eigenvalue weighted by Crippen LogP contribution is 2.23. The van der Waals surface area contributed by atoms with Crippen molar-refractivity contribution in [2.75, 3.05) is 50.9 Å². The van der Waals surface area contributed by atoms with E-state index in [1.54, 1.807) is 23.9 Å². The summed E-state index contributed by atoms with van der Waals surface area (Å²) in [6.07, 6.45) is -0.930. The molecule has 2 aliphatic heterocycles. The third-order valence-electron chi connectivity index (χ3n) is 5.66. The molecule has 9 heteroatoms. The fourth-order valence-corrected chi connectivity index (χ4v) is 3.56. The predicted octanol–water partition coefficient (Wildman–Crippen LogP) is -0.906. The second-order valence-corrected chi connectivity index (χ2v) is 7.68. The summed E-state index contributed by atoms with van der Waals surface area (Å²) in [7, 11) is 3.44. The molecule has 0 aliphatic carbocycles. The number of carbonyl (C=O) groups is 2. The summed E-state index contributed by atoms with van der Waals surface area (Å²) in [5, 5.41) is 22.4. The molecule has 2 saturated heterocycles. The first-order valence-corrected chi connectivity index (χ1v) is 9.76. The van der Waals surface area contributed by atoms with Gasteiger partial charge in [0.05, 0.1) is 24.3 Å². The predicted molar refractivity (Wildman–Crippen MR) is 112 cm³/mol. The van der Waals surface area contributed by atoms with Crippen LogP contribution in [0.4, 0.5) is 11.4 Å². The molecule has 2 unspecified atom stereocenters. The van der Waals surface area contributed by atoms with Gasteiger partial charge in [0.25, 0.3) is 0 Å². The van der Waals surface area contributed by atoms with Crippen LogP contribution >= 0.6 is 0 Å². The summed E-state index contributed by atoms with van der Waals surface area (Å²) in [4.78, 5) is 27.4. The van der Waals surface area contributed by atoms with E-state index in [1.807, 2.05) is 24.3 Å². The molecule has 2 aliphatic rings. The molecule has 2 fully saturated rings.